The molecular weight excluding hydrogens is 302 g/mol. The zero-order chi connectivity index (χ0) is 17.7. The molecule has 0 bridgehead atoms. The van der Waals surface area contributed by atoms with Crippen molar-refractivity contribution in [2.24, 2.45) is 11.6 Å². The third kappa shape index (κ3) is 4.23. The van der Waals surface area contributed by atoms with Crippen LogP contribution in [0.25, 0.3) is 5.70 Å². The number of aromatic nitrogens is 2. The Bertz CT molecular complexity index is 792. The molecule has 0 unspecified atom stereocenters. The largest absolute Gasteiger partial charge is 0.395 e. The van der Waals surface area contributed by atoms with Crippen LogP contribution >= 0.6 is 0 Å². The minimum absolute atomic E-state index is 0.0841. The van der Waals surface area contributed by atoms with E-state index in [4.69, 9.17) is 11.6 Å². The molecule has 6 heteroatoms. The van der Waals surface area contributed by atoms with Crippen molar-refractivity contribution in [3.63, 3.8) is 0 Å². The lowest BCUT2D eigenvalue weighted by atomic mass is 10.1. The summed E-state index contributed by atoms with van der Waals surface area (Å²) in [5.74, 6) is 5.96. The van der Waals surface area contributed by atoms with Crippen molar-refractivity contribution in [1.82, 2.24) is 14.6 Å². The van der Waals surface area contributed by atoms with Crippen LogP contribution in [-0.2, 0) is 13.0 Å². The Hall–Kier alpha value is -2.60. The maximum atomic E-state index is 12.2. The van der Waals surface area contributed by atoms with Gasteiger partial charge in [-0.05, 0) is 31.0 Å². The number of hydrazine groups is 1. The van der Waals surface area contributed by atoms with Crippen molar-refractivity contribution in [2.45, 2.75) is 33.2 Å². The first-order valence-corrected chi connectivity index (χ1v) is 8.02. The molecule has 128 valence electrons. The molecule has 0 saturated heterocycles. The van der Waals surface area contributed by atoms with Gasteiger partial charge in [0.1, 0.15) is 0 Å². The van der Waals surface area contributed by atoms with Gasteiger partial charge in [0.25, 0.3) is 5.56 Å². The van der Waals surface area contributed by atoms with Gasteiger partial charge in [-0.2, -0.15) is 0 Å². The van der Waals surface area contributed by atoms with Crippen LogP contribution in [0.3, 0.4) is 0 Å². The Labute approximate surface area is 142 Å². The number of allylic oxidation sites excluding steroid dienone is 1. The Morgan fingerprint density at radius 1 is 1.29 bits per heavy atom. The van der Waals surface area contributed by atoms with Gasteiger partial charge in [0, 0.05) is 25.0 Å². The number of hydrogen-bond donors (Lipinski definition) is 2. The first-order valence-electron chi connectivity index (χ1n) is 8.02. The van der Waals surface area contributed by atoms with Crippen LogP contribution in [0.15, 0.2) is 47.0 Å². The lowest BCUT2D eigenvalue weighted by Crippen LogP contribution is -2.33. The average Bonchev–Trinajstić information content (AvgIpc) is 2.54. The molecule has 4 N–H and O–H groups in total. The van der Waals surface area contributed by atoms with Gasteiger partial charge in [0.2, 0.25) is 0 Å². The highest BCUT2D eigenvalue weighted by molar-refractivity contribution is 5.62. The van der Waals surface area contributed by atoms with Crippen LogP contribution in [0.4, 0.5) is 0 Å². The maximum absolute atomic E-state index is 12.2. The second-order valence-electron chi connectivity index (χ2n) is 5.89. The van der Waals surface area contributed by atoms with Gasteiger partial charge in [-0.25, -0.2) is 5.84 Å². The summed E-state index contributed by atoms with van der Waals surface area (Å²) in [7, 11) is 1.71. The lowest BCUT2D eigenvalue weighted by molar-refractivity contribution is 0.409. The van der Waals surface area contributed by atoms with Gasteiger partial charge in [-0.1, -0.05) is 25.5 Å². The van der Waals surface area contributed by atoms with Gasteiger partial charge in [0.05, 0.1) is 23.6 Å². The summed E-state index contributed by atoms with van der Waals surface area (Å²) in [4.78, 5) is 16.6. The normalized spacial score (nSPS) is 12.0. The van der Waals surface area contributed by atoms with Crippen molar-refractivity contribution < 1.29 is 0 Å². The Balaban J connectivity index is 2.44. The summed E-state index contributed by atoms with van der Waals surface area (Å²) in [6.07, 6.45) is 3.81. The van der Waals surface area contributed by atoms with Crippen molar-refractivity contribution in [1.29, 1.82) is 0 Å². The minimum Gasteiger partial charge on any atom is -0.395 e. The van der Waals surface area contributed by atoms with Gasteiger partial charge in [-0.3, -0.25) is 9.78 Å². The summed E-state index contributed by atoms with van der Waals surface area (Å²) < 4.78 is 1.63. The van der Waals surface area contributed by atoms with E-state index < -0.39 is 0 Å². The number of hydrogen-bond acceptors (Lipinski definition) is 5. The van der Waals surface area contributed by atoms with E-state index in [1.54, 1.807) is 17.7 Å². The fourth-order valence-corrected chi connectivity index (χ4v) is 2.53. The van der Waals surface area contributed by atoms with Crippen LogP contribution in [0.1, 0.15) is 30.3 Å². The highest BCUT2D eigenvalue weighted by Crippen LogP contribution is 2.15. The molecule has 2 heterocycles. The Morgan fingerprint density at radius 2 is 2.04 bits per heavy atom. The van der Waals surface area contributed by atoms with Gasteiger partial charge >= 0.3 is 0 Å². The van der Waals surface area contributed by atoms with E-state index in [2.05, 4.69) is 11.9 Å². The van der Waals surface area contributed by atoms with Crippen molar-refractivity contribution >= 4 is 5.70 Å². The quantitative estimate of drug-likeness (QED) is 0.622. The zero-order valence-corrected chi connectivity index (χ0v) is 14.5. The summed E-state index contributed by atoms with van der Waals surface area (Å²) >= 11 is 0. The lowest BCUT2D eigenvalue weighted by Gasteiger charge is -2.21. The van der Waals surface area contributed by atoms with Gasteiger partial charge in [0.15, 0.2) is 0 Å². The summed E-state index contributed by atoms with van der Waals surface area (Å²) in [5.41, 5.74) is 9.95. The van der Waals surface area contributed by atoms with E-state index in [9.17, 15) is 4.79 Å². The third-order valence-corrected chi connectivity index (χ3v) is 3.80. The van der Waals surface area contributed by atoms with E-state index in [-0.39, 0.29) is 5.56 Å². The molecule has 24 heavy (non-hydrogen) atoms. The molecule has 0 atom stereocenters. The molecular formula is C18H25N5O. The van der Waals surface area contributed by atoms with Crippen LogP contribution in [0, 0.1) is 6.92 Å². The number of aryl methyl sites for hydroxylation is 2. The molecule has 0 aromatic carbocycles. The number of likely N-dealkylation sites (N-methyl/N-ethyl adjacent to an activating group) is 1. The molecule has 0 aliphatic rings. The minimum atomic E-state index is -0.0841. The van der Waals surface area contributed by atoms with Crippen LogP contribution in [-0.4, -0.2) is 21.6 Å². The van der Waals surface area contributed by atoms with Crippen molar-refractivity contribution in [3.05, 3.63) is 69.5 Å². The average molecular weight is 327 g/mol. The van der Waals surface area contributed by atoms with E-state index >= 15 is 0 Å². The number of rotatable bonds is 6. The van der Waals surface area contributed by atoms with E-state index in [1.807, 2.05) is 37.4 Å². The maximum Gasteiger partial charge on any atom is 0.250 e. The number of pyridine rings is 2. The first kappa shape index (κ1) is 17.7. The highest BCUT2D eigenvalue weighted by atomic mass is 16.1. The molecule has 0 fully saturated rings. The van der Waals surface area contributed by atoms with E-state index in [0.717, 1.165) is 24.1 Å². The first-order chi connectivity index (χ1) is 11.4. The standard InChI is InChI=1S/C18H25N5O/c1-4-6-14-9-10-17(24)23(11-14)12-16(22(3)20)18(19)15-8-5-7-13(2)21-15/h5,7-11H,4,6,12,19-20H2,1-3H3/b18-16-. The molecule has 2 aromatic rings. The van der Waals surface area contributed by atoms with Crippen LogP contribution < -0.4 is 17.1 Å². The van der Waals surface area contributed by atoms with Gasteiger partial charge in [-0.15, -0.1) is 0 Å². The predicted molar refractivity (Wildman–Crippen MR) is 96.7 cm³/mol. The Kier molecular flexibility index (Phi) is 5.76. The van der Waals surface area contributed by atoms with Gasteiger partial charge < -0.3 is 15.3 Å². The molecule has 2 aromatic heterocycles. The Morgan fingerprint density at radius 3 is 2.67 bits per heavy atom. The SMILES string of the molecule is CCCc1ccc(=O)n(C/C(=C(/N)c2cccc(C)n2)N(C)N)c1. The number of nitrogens with two attached hydrogens (primary N) is 2. The van der Waals surface area contributed by atoms with E-state index in [0.29, 0.717) is 23.6 Å². The molecule has 0 aliphatic carbocycles. The molecule has 2 rings (SSSR count). The smallest absolute Gasteiger partial charge is 0.250 e. The fraction of sp³-hybridized carbons (Fsp3) is 0.333. The second-order valence-corrected chi connectivity index (χ2v) is 5.89. The second kappa shape index (κ2) is 7.79. The molecule has 0 saturated carbocycles. The molecule has 6 nitrogen and oxygen atoms in total. The molecule has 0 aliphatic heterocycles. The summed E-state index contributed by atoms with van der Waals surface area (Å²) in [5, 5.41) is 1.44. The predicted octanol–water partition coefficient (Wildman–Crippen LogP) is 1.64. The van der Waals surface area contributed by atoms with E-state index in [1.165, 1.54) is 5.01 Å². The molecule has 0 amide bonds. The van der Waals surface area contributed by atoms with Crippen LogP contribution in [0.5, 0.6) is 0 Å². The highest BCUT2D eigenvalue weighted by Gasteiger charge is 2.12. The molecule has 0 spiro atoms. The topological polar surface area (TPSA) is 90.2 Å². The molecule has 0 radical (unpaired) electrons. The summed E-state index contributed by atoms with van der Waals surface area (Å²) in [6, 6.07) is 9.08. The monoisotopic (exact) mass is 327 g/mol. The van der Waals surface area contributed by atoms with Crippen LogP contribution in [0.2, 0.25) is 0 Å². The zero-order valence-electron chi connectivity index (χ0n) is 14.5. The van der Waals surface area contributed by atoms with Crippen molar-refractivity contribution in [3.8, 4) is 0 Å². The third-order valence-electron chi connectivity index (χ3n) is 3.80. The fourth-order valence-electron chi connectivity index (χ4n) is 2.53. The van der Waals surface area contributed by atoms with Crippen molar-refractivity contribution in [2.75, 3.05) is 7.05 Å². The summed E-state index contributed by atoms with van der Waals surface area (Å²) in [6.45, 7) is 4.31. The number of nitrogens with zero attached hydrogens (tertiary/aromatic N) is 3.